The molecule has 0 atom stereocenters. The van der Waals surface area contributed by atoms with Crippen LogP contribution in [0.2, 0.25) is 0 Å². The first-order chi connectivity index (χ1) is 7.77. The minimum absolute atomic E-state index is 0.0791. The first-order valence-electron chi connectivity index (χ1n) is 4.19. The van der Waals surface area contributed by atoms with E-state index >= 15 is 0 Å². The predicted molar refractivity (Wildman–Crippen MR) is 56.2 cm³/mol. The van der Waals surface area contributed by atoms with Crippen LogP contribution < -0.4 is 0 Å². The molecule has 0 bridgehead atoms. The summed E-state index contributed by atoms with van der Waals surface area (Å²) in [5.74, 6) is 0. The maximum Gasteiger partial charge on any atom is 0.433 e. The van der Waals surface area contributed by atoms with E-state index in [-0.39, 0.29) is 9.26 Å². The van der Waals surface area contributed by atoms with Gasteiger partial charge in [0, 0.05) is 0 Å². The molecule has 92 valence electrons. The third-order valence-corrected chi connectivity index (χ3v) is 2.42. The van der Waals surface area contributed by atoms with Crippen molar-refractivity contribution in [3.05, 3.63) is 26.6 Å². The van der Waals surface area contributed by atoms with Gasteiger partial charge in [-0.3, -0.25) is 0 Å². The Balaban J connectivity index is 3.53. The third kappa shape index (κ3) is 3.24. The van der Waals surface area contributed by atoms with Crippen LogP contribution in [0.25, 0.3) is 0 Å². The Morgan fingerprint density at radius 3 is 2.41 bits per heavy atom. The Morgan fingerprint density at radius 1 is 1.41 bits per heavy atom. The number of hydrogen-bond acceptors (Lipinski definition) is 2. The van der Waals surface area contributed by atoms with Gasteiger partial charge in [0.15, 0.2) is 5.69 Å². The van der Waals surface area contributed by atoms with Crippen LogP contribution >= 0.6 is 22.6 Å². The van der Waals surface area contributed by atoms with Crippen molar-refractivity contribution >= 4 is 22.6 Å². The largest absolute Gasteiger partial charge is 0.433 e. The molecule has 0 aliphatic rings. The van der Waals surface area contributed by atoms with Crippen molar-refractivity contribution in [1.29, 1.82) is 5.26 Å². The molecule has 1 aromatic heterocycles. The number of aromatic nitrogens is 1. The van der Waals surface area contributed by atoms with Crippen LogP contribution in [-0.4, -0.2) is 4.98 Å². The Hall–Kier alpha value is -0.980. The molecule has 0 radical (unpaired) electrons. The van der Waals surface area contributed by atoms with Gasteiger partial charge in [0.2, 0.25) is 0 Å². The van der Waals surface area contributed by atoms with Crippen LogP contribution in [0.15, 0.2) is 6.07 Å². The first kappa shape index (κ1) is 14.1. The second-order valence-electron chi connectivity index (χ2n) is 3.00. The summed E-state index contributed by atoms with van der Waals surface area (Å²) in [4.78, 5) is 3.08. The van der Waals surface area contributed by atoms with E-state index < -0.39 is 30.3 Å². The van der Waals surface area contributed by atoms with Crippen LogP contribution in [0.1, 0.15) is 23.2 Å². The molecule has 8 heteroatoms. The first-order valence-corrected chi connectivity index (χ1v) is 5.27. The zero-order valence-electron chi connectivity index (χ0n) is 8.02. The standard InChI is InChI=1S/C9H4F5IN2/c10-8(11)6-4(1-2-16)3-5(15)17-7(6)9(12,13)14/h3,8H,1H2. The molecule has 0 unspecified atom stereocenters. The Kier molecular flexibility index (Phi) is 4.24. The van der Waals surface area contributed by atoms with E-state index in [2.05, 4.69) is 4.98 Å². The van der Waals surface area contributed by atoms with Crippen molar-refractivity contribution in [1.82, 2.24) is 4.98 Å². The van der Waals surface area contributed by atoms with Crippen molar-refractivity contribution < 1.29 is 22.0 Å². The van der Waals surface area contributed by atoms with Crippen molar-refractivity contribution in [2.24, 2.45) is 0 Å². The smallest absolute Gasteiger partial charge is 0.237 e. The van der Waals surface area contributed by atoms with Gasteiger partial charge in [-0.2, -0.15) is 18.4 Å². The summed E-state index contributed by atoms with van der Waals surface area (Å²) in [5, 5.41) is 8.41. The highest BCUT2D eigenvalue weighted by Gasteiger charge is 2.39. The van der Waals surface area contributed by atoms with E-state index in [4.69, 9.17) is 5.26 Å². The molecule has 0 N–H and O–H groups in total. The van der Waals surface area contributed by atoms with E-state index in [1.807, 2.05) is 0 Å². The molecule has 0 aromatic carbocycles. The molecular weight excluding hydrogens is 358 g/mol. The highest BCUT2D eigenvalue weighted by molar-refractivity contribution is 14.1. The minimum atomic E-state index is -4.96. The molecule has 0 spiro atoms. The lowest BCUT2D eigenvalue weighted by Gasteiger charge is -2.14. The Bertz CT molecular complexity index is 464. The van der Waals surface area contributed by atoms with Crippen LogP contribution in [-0.2, 0) is 12.6 Å². The molecule has 1 rings (SSSR count). The summed E-state index contributed by atoms with van der Waals surface area (Å²) >= 11 is 1.49. The monoisotopic (exact) mass is 362 g/mol. The van der Waals surface area contributed by atoms with Gasteiger partial charge in [-0.05, 0) is 34.2 Å². The van der Waals surface area contributed by atoms with Crippen molar-refractivity contribution in [3.8, 4) is 6.07 Å². The summed E-state index contributed by atoms with van der Waals surface area (Å²) in [5.41, 5.74) is -3.17. The van der Waals surface area contributed by atoms with Crippen LogP contribution in [0.4, 0.5) is 22.0 Å². The summed E-state index contributed by atoms with van der Waals surface area (Å²) in [7, 11) is 0. The lowest BCUT2D eigenvalue weighted by atomic mass is 10.0. The predicted octanol–water partition coefficient (Wildman–Crippen LogP) is 3.71. The van der Waals surface area contributed by atoms with Crippen molar-refractivity contribution in [2.45, 2.75) is 19.0 Å². The number of hydrogen-bond donors (Lipinski definition) is 0. The highest BCUT2D eigenvalue weighted by Crippen LogP contribution is 2.37. The quantitative estimate of drug-likeness (QED) is 0.457. The normalized spacial score (nSPS) is 11.6. The van der Waals surface area contributed by atoms with E-state index in [9.17, 15) is 22.0 Å². The molecule has 1 heterocycles. The number of alkyl halides is 5. The van der Waals surface area contributed by atoms with E-state index in [0.29, 0.717) is 0 Å². The average Bonchev–Trinajstić information content (AvgIpc) is 2.15. The summed E-state index contributed by atoms with van der Waals surface area (Å²) in [6.07, 6.45) is -8.79. The third-order valence-electron chi connectivity index (χ3n) is 1.87. The van der Waals surface area contributed by atoms with E-state index in [1.165, 1.54) is 22.6 Å². The van der Waals surface area contributed by atoms with Gasteiger partial charge in [0.1, 0.15) is 3.70 Å². The summed E-state index contributed by atoms with van der Waals surface area (Å²) in [6.45, 7) is 0. The number of halogens is 6. The fraction of sp³-hybridized carbons (Fsp3) is 0.333. The van der Waals surface area contributed by atoms with Gasteiger partial charge in [-0.1, -0.05) is 0 Å². The molecule has 0 saturated heterocycles. The number of nitriles is 1. The molecule has 0 aliphatic heterocycles. The van der Waals surface area contributed by atoms with Crippen molar-refractivity contribution in [2.75, 3.05) is 0 Å². The molecule has 1 aromatic rings. The number of nitrogens with zero attached hydrogens (tertiary/aromatic N) is 2. The van der Waals surface area contributed by atoms with E-state index in [0.717, 1.165) is 6.07 Å². The molecule has 0 saturated carbocycles. The average molecular weight is 362 g/mol. The molecule has 17 heavy (non-hydrogen) atoms. The number of pyridine rings is 1. The molecule has 2 nitrogen and oxygen atoms in total. The van der Waals surface area contributed by atoms with Gasteiger partial charge < -0.3 is 0 Å². The lowest BCUT2D eigenvalue weighted by molar-refractivity contribution is -0.143. The molecule has 0 fully saturated rings. The second-order valence-corrected chi connectivity index (χ2v) is 4.10. The SMILES string of the molecule is N#CCc1cc(I)nc(C(F)(F)F)c1C(F)F. The molecular formula is C9H4F5IN2. The number of rotatable bonds is 2. The van der Waals surface area contributed by atoms with Crippen LogP contribution in [0.3, 0.4) is 0 Å². The molecule has 0 amide bonds. The van der Waals surface area contributed by atoms with E-state index in [1.54, 1.807) is 6.07 Å². The lowest BCUT2D eigenvalue weighted by Crippen LogP contribution is -2.15. The minimum Gasteiger partial charge on any atom is -0.237 e. The van der Waals surface area contributed by atoms with Gasteiger partial charge in [0.05, 0.1) is 18.1 Å². The zero-order chi connectivity index (χ0) is 13.2. The maximum absolute atomic E-state index is 12.6. The molecule has 0 aliphatic carbocycles. The van der Waals surface area contributed by atoms with Crippen LogP contribution in [0.5, 0.6) is 0 Å². The summed E-state index contributed by atoms with van der Waals surface area (Å²) < 4.78 is 62.7. The maximum atomic E-state index is 12.6. The highest BCUT2D eigenvalue weighted by atomic mass is 127. The summed E-state index contributed by atoms with van der Waals surface area (Å²) in [6, 6.07) is 2.61. The van der Waals surface area contributed by atoms with Gasteiger partial charge in [-0.25, -0.2) is 13.8 Å². The van der Waals surface area contributed by atoms with Gasteiger partial charge in [-0.15, -0.1) is 0 Å². The van der Waals surface area contributed by atoms with Gasteiger partial charge >= 0.3 is 6.18 Å². The second kappa shape index (κ2) is 5.12. The fourth-order valence-electron chi connectivity index (χ4n) is 1.26. The van der Waals surface area contributed by atoms with Gasteiger partial charge in [0.25, 0.3) is 6.43 Å². The van der Waals surface area contributed by atoms with Crippen LogP contribution in [0, 0.1) is 15.0 Å². The van der Waals surface area contributed by atoms with Crippen molar-refractivity contribution in [3.63, 3.8) is 0 Å². The topological polar surface area (TPSA) is 36.7 Å². The Labute approximate surface area is 107 Å². The Morgan fingerprint density at radius 2 is 2.00 bits per heavy atom. The fourth-order valence-corrected chi connectivity index (χ4v) is 1.88. The zero-order valence-corrected chi connectivity index (χ0v) is 10.2.